The fourth-order valence-electron chi connectivity index (χ4n) is 2.34. The summed E-state index contributed by atoms with van der Waals surface area (Å²) in [5.41, 5.74) is 1.02. The molecule has 1 N–H and O–H groups in total. The maximum absolute atomic E-state index is 12.1. The third-order valence-electron chi connectivity index (χ3n) is 3.63. The van der Waals surface area contributed by atoms with Crippen LogP contribution >= 0.6 is 0 Å². The van der Waals surface area contributed by atoms with Gasteiger partial charge in [0.05, 0.1) is 6.07 Å². The highest BCUT2D eigenvalue weighted by Gasteiger charge is 2.19. The van der Waals surface area contributed by atoms with Gasteiger partial charge in [0.1, 0.15) is 5.92 Å². The van der Waals surface area contributed by atoms with Gasteiger partial charge in [0, 0.05) is 6.04 Å². The number of hydrogen-bond acceptors (Lipinski definition) is 2. The van der Waals surface area contributed by atoms with Gasteiger partial charge < -0.3 is 5.32 Å². The van der Waals surface area contributed by atoms with Crippen molar-refractivity contribution in [1.29, 1.82) is 5.26 Å². The molecule has 1 rings (SSSR count). The fraction of sp³-hybridized carbons (Fsp3) is 0.556. The molecule has 0 radical (unpaired) electrons. The van der Waals surface area contributed by atoms with Crippen LogP contribution in [-0.2, 0) is 11.2 Å². The Labute approximate surface area is 128 Å². The molecule has 0 saturated carbocycles. The maximum Gasteiger partial charge on any atom is 0.237 e. The van der Waals surface area contributed by atoms with Crippen LogP contribution in [-0.4, -0.2) is 11.9 Å². The zero-order chi connectivity index (χ0) is 15.5. The molecule has 21 heavy (non-hydrogen) atoms. The van der Waals surface area contributed by atoms with E-state index >= 15 is 0 Å². The van der Waals surface area contributed by atoms with Crippen LogP contribution in [0.2, 0.25) is 0 Å². The standard InChI is InChI=1S/C18H26N2O/c1-3-4-5-7-10-15(2)20-18(21)17(14-19)13-16-11-8-6-9-12-16/h6,8-9,11-12,15,17H,3-5,7,10,13H2,1-2H3,(H,20,21). The molecule has 0 aliphatic rings. The van der Waals surface area contributed by atoms with Crippen LogP contribution < -0.4 is 5.32 Å². The number of benzene rings is 1. The number of amides is 1. The first-order valence-corrected chi connectivity index (χ1v) is 7.91. The number of nitriles is 1. The molecule has 0 heterocycles. The predicted octanol–water partition coefficient (Wildman–Crippen LogP) is 3.84. The summed E-state index contributed by atoms with van der Waals surface area (Å²) < 4.78 is 0. The van der Waals surface area contributed by atoms with Gasteiger partial charge in [0.15, 0.2) is 0 Å². The summed E-state index contributed by atoms with van der Waals surface area (Å²) in [5, 5.41) is 12.2. The topological polar surface area (TPSA) is 52.9 Å². The van der Waals surface area contributed by atoms with E-state index in [0.29, 0.717) is 6.42 Å². The Hall–Kier alpha value is -1.82. The SMILES string of the molecule is CCCCCCC(C)NC(=O)C(C#N)Cc1ccccc1. The molecule has 0 bridgehead atoms. The zero-order valence-electron chi connectivity index (χ0n) is 13.1. The van der Waals surface area contributed by atoms with Crippen LogP contribution in [0.1, 0.15) is 51.5 Å². The second kappa shape index (κ2) is 9.99. The molecule has 0 aliphatic heterocycles. The Morgan fingerprint density at radius 1 is 1.24 bits per heavy atom. The van der Waals surface area contributed by atoms with E-state index in [1.807, 2.05) is 37.3 Å². The first-order chi connectivity index (χ1) is 10.2. The Morgan fingerprint density at radius 3 is 2.57 bits per heavy atom. The molecule has 0 saturated heterocycles. The molecule has 0 aromatic heterocycles. The quantitative estimate of drug-likeness (QED) is 0.701. The van der Waals surface area contributed by atoms with Crippen LogP contribution in [0.25, 0.3) is 0 Å². The molecule has 1 aromatic rings. The number of rotatable bonds is 9. The largest absolute Gasteiger partial charge is 0.353 e. The van der Waals surface area contributed by atoms with E-state index in [2.05, 4.69) is 18.3 Å². The Bertz CT molecular complexity index is 450. The second-order valence-electron chi connectivity index (χ2n) is 5.63. The molecule has 2 unspecified atom stereocenters. The number of nitrogens with zero attached hydrogens (tertiary/aromatic N) is 1. The lowest BCUT2D eigenvalue weighted by molar-refractivity contribution is -0.124. The van der Waals surface area contributed by atoms with Crippen molar-refractivity contribution >= 4 is 5.91 Å². The molecule has 0 spiro atoms. The molecule has 114 valence electrons. The first-order valence-electron chi connectivity index (χ1n) is 7.91. The second-order valence-corrected chi connectivity index (χ2v) is 5.63. The minimum absolute atomic E-state index is 0.140. The molecule has 0 fully saturated rings. The monoisotopic (exact) mass is 286 g/mol. The van der Waals surface area contributed by atoms with Crippen LogP contribution in [0.15, 0.2) is 30.3 Å². The fourth-order valence-corrected chi connectivity index (χ4v) is 2.34. The van der Waals surface area contributed by atoms with Gasteiger partial charge in [-0.15, -0.1) is 0 Å². The predicted molar refractivity (Wildman–Crippen MR) is 85.6 cm³/mol. The smallest absolute Gasteiger partial charge is 0.237 e. The van der Waals surface area contributed by atoms with E-state index in [1.165, 1.54) is 19.3 Å². The highest BCUT2D eigenvalue weighted by Crippen LogP contribution is 2.10. The normalized spacial score (nSPS) is 13.2. The van der Waals surface area contributed by atoms with E-state index in [1.54, 1.807) is 0 Å². The third-order valence-corrected chi connectivity index (χ3v) is 3.63. The van der Waals surface area contributed by atoms with Gasteiger partial charge in [0.2, 0.25) is 5.91 Å². The first kappa shape index (κ1) is 17.2. The maximum atomic E-state index is 12.1. The molecule has 2 atom stereocenters. The number of hydrogen-bond donors (Lipinski definition) is 1. The molecule has 0 aliphatic carbocycles. The van der Waals surface area contributed by atoms with Crippen molar-refractivity contribution in [1.82, 2.24) is 5.32 Å². The minimum Gasteiger partial charge on any atom is -0.353 e. The summed E-state index contributed by atoms with van der Waals surface area (Å²) in [6.45, 7) is 4.20. The summed E-state index contributed by atoms with van der Waals surface area (Å²) in [5.74, 6) is -0.755. The Morgan fingerprint density at radius 2 is 1.95 bits per heavy atom. The van der Waals surface area contributed by atoms with Crippen molar-refractivity contribution in [3.63, 3.8) is 0 Å². The number of unbranched alkanes of at least 4 members (excludes halogenated alkanes) is 3. The number of carbonyl (C=O) groups is 1. The molecule has 3 heteroatoms. The van der Waals surface area contributed by atoms with Gasteiger partial charge in [-0.1, -0.05) is 62.9 Å². The third kappa shape index (κ3) is 6.94. The number of nitrogens with one attached hydrogen (secondary N) is 1. The van der Waals surface area contributed by atoms with E-state index in [0.717, 1.165) is 18.4 Å². The lowest BCUT2D eigenvalue weighted by atomic mass is 9.99. The van der Waals surface area contributed by atoms with Gasteiger partial charge in [-0.3, -0.25) is 4.79 Å². The van der Waals surface area contributed by atoms with Crippen molar-refractivity contribution in [2.24, 2.45) is 5.92 Å². The van der Waals surface area contributed by atoms with Gasteiger partial charge in [-0.25, -0.2) is 0 Å². The average Bonchev–Trinajstić information content (AvgIpc) is 2.50. The lowest BCUT2D eigenvalue weighted by Gasteiger charge is -2.16. The van der Waals surface area contributed by atoms with E-state index < -0.39 is 5.92 Å². The van der Waals surface area contributed by atoms with E-state index in [-0.39, 0.29) is 11.9 Å². The van der Waals surface area contributed by atoms with E-state index in [9.17, 15) is 10.1 Å². The Balaban J connectivity index is 2.39. The summed E-state index contributed by atoms with van der Waals surface area (Å²) in [6, 6.07) is 12.0. The van der Waals surface area contributed by atoms with Crippen molar-refractivity contribution in [3.8, 4) is 6.07 Å². The van der Waals surface area contributed by atoms with E-state index in [4.69, 9.17) is 0 Å². The zero-order valence-corrected chi connectivity index (χ0v) is 13.1. The molecular weight excluding hydrogens is 260 g/mol. The van der Waals surface area contributed by atoms with Crippen molar-refractivity contribution in [2.45, 2.75) is 58.4 Å². The van der Waals surface area contributed by atoms with Gasteiger partial charge in [0.25, 0.3) is 0 Å². The lowest BCUT2D eigenvalue weighted by Crippen LogP contribution is -2.37. The van der Waals surface area contributed by atoms with Gasteiger partial charge in [-0.05, 0) is 25.3 Å². The van der Waals surface area contributed by atoms with Crippen LogP contribution in [0.4, 0.5) is 0 Å². The van der Waals surface area contributed by atoms with Crippen LogP contribution in [0.5, 0.6) is 0 Å². The molecule has 1 aromatic carbocycles. The van der Waals surface area contributed by atoms with Crippen molar-refractivity contribution in [2.75, 3.05) is 0 Å². The highest BCUT2D eigenvalue weighted by molar-refractivity contribution is 5.81. The molecule has 3 nitrogen and oxygen atoms in total. The summed E-state index contributed by atoms with van der Waals surface area (Å²) in [7, 11) is 0. The van der Waals surface area contributed by atoms with Gasteiger partial charge in [-0.2, -0.15) is 5.26 Å². The molecule has 1 amide bonds. The summed E-state index contributed by atoms with van der Waals surface area (Å²) in [4.78, 5) is 12.1. The van der Waals surface area contributed by atoms with Crippen LogP contribution in [0, 0.1) is 17.2 Å². The van der Waals surface area contributed by atoms with Crippen LogP contribution in [0.3, 0.4) is 0 Å². The average molecular weight is 286 g/mol. The summed E-state index contributed by atoms with van der Waals surface area (Å²) in [6.07, 6.45) is 6.26. The van der Waals surface area contributed by atoms with Crippen molar-refractivity contribution in [3.05, 3.63) is 35.9 Å². The Kier molecular flexibility index (Phi) is 8.19. The summed E-state index contributed by atoms with van der Waals surface area (Å²) >= 11 is 0. The number of carbonyl (C=O) groups excluding carboxylic acids is 1. The molecular formula is C18H26N2O. The minimum atomic E-state index is -0.606. The van der Waals surface area contributed by atoms with Crippen molar-refractivity contribution < 1.29 is 4.79 Å². The highest BCUT2D eigenvalue weighted by atomic mass is 16.1. The van der Waals surface area contributed by atoms with Gasteiger partial charge >= 0.3 is 0 Å².